The Hall–Kier alpha value is -1.66. The first kappa shape index (κ1) is 14.7. The van der Waals surface area contributed by atoms with Crippen LogP contribution < -0.4 is 16.0 Å². The molecule has 1 aromatic carbocycles. The Kier molecular flexibility index (Phi) is 5.31. The van der Waals surface area contributed by atoms with Crippen molar-refractivity contribution >= 4 is 33.3 Å². The Morgan fingerprint density at radius 1 is 1.30 bits per heavy atom. The summed E-state index contributed by atoms with van der Waals surface area (Å²) in [5.74, 6) is 1.64. The zero-order valence-electron chi connectivity index (χ0n) is 11.4. The Morgan fingerprint density at radius 3 is 2.85 bits per heavy atom. The van der Waals surface area contributed by atoms with Crippen LogP contribution in [0.5, 0.6) is 0 Å². The van der Waals surface area contributed by atoms with Gasteiger partial charge in [0.15, 0.2) is 0 Å². The highest BCUT2D eigenvalue weighted by Crippen LogP contribution is 2.25. The monoisotopic (exact) mass is 335 g/mol. The molecule has 0 radical (unpaired) electrons. The van der Waals surface area contributed by atoms with Crippen LogP contribution in [0.3, 0.4) is 0 Å². The predicted octanol–water partition coefficient (Wildman–Crippen LogP) is 2.77. The molecular weight excluding hydrogens is 318 g/mol. The van der Waals surface area contributed by atoms with Gasteiger partial charge in [0.2, 0.25) is 0 Å². The average molecular weight is 336 g/mol. The first-order chi connectivity index (χ1) is 9.70. The number of rotatable bonds is 6. The number of aromatic nitrogens is 2. The molecule has 0 fully saturated rings. The van der Waals surface area contributed by atoms with Gasteiger partial charge in [-0.3, -0.25) is 0 Å². The number of halogens is 1. The molecule has 0 spiro atoms. The molecule has 0 unspecified atom stereocenters. The molecule has 1 heterocycles. The molecule has 5 nitrogen and oxygen atoms in total. The number of nitrogens with zero attached hydrogens (tertiary/aromatic N) is 3. The lowest BCUT2D eigenvalue weighted by Gasteiger charge is -2.18. The molecule has 106 valence electrons. The lowest BCUT2D eigenvalue weighted by atomic mass is 10.3. The van der Waals surface area contributed by atoms with Crippen LogP contribution in [0.1, 0.15) is 6.42 Å². The highest BCUT2D eigenvalue weighted by Gasteiger charge is 2.05. The first-order valence-corrected chi connectivity index (χ1v) is 7.25. The fourth-order valence-electron chi connectivity index (χ4n) is 1.77. The van der Waals surface area contributed by atoms with E-state index < -0.39 is 0 Å². The summed E-state index contributed by atoms with van der Waals surface area (Å²) in [6.07, 6.45) is 2.50. The van der Waals surface area contributed by atoms with Crippen LogP contribution in [0.4, 0.5) is 17.3 Å². The van der Waals surface area contributed by atoms with E-state index in [2.05, 4.69) is 36.1 Å². The molecule has 0 aliphatic rings. The van der Waals surface area contributed by atoms with Gasteiger partial charge in [0.05, 0.1) is 5.69 Å². The molecule has 0 atom stereocenters. The summed E-state index contributed by atoms with van der Waals surface area (Å²) >= 11 is 3.51. The Morgan fingerprint density at radius 2 is 2.10 bits per heavy atom. The molecule has 0 saturated carbocycles. The van der Waals surface area contributed by atoms with Crippen molar-refractivity contribution in [1.82, 2.24) is 9.97 Å². The third-order valence-corrected chi connectivity index (χ3v) is 3.57. The number of hydrogen-bond donors (Lipinski definition) is 2. The maximum atomic E-state index is 5.53. The summed E-state index contributed by atoms with van der Waals surface area (Å²) in [6.45, 7) is 1.56. The van der Waals surface area contributed by atoms with Crippen molar-refractivity contribution in [3.05, 3.63) is 41.1 Å². The van der Waals surface area contributed by atoms with Gasteiger partial charge in [-0.25, -0.2) is 9.97 Å². The molecule has 20 heavy (non-hydrogen) atoms. The Labute approximate surface area is 127 Å². The molecule has 1 aromatic heterocycles. The second-order valence-corrected chi connectivity index (χ2v) is 5.28. The van der Waals surface area contributed by atoms with Crippen LogP contribution in [0.15, 0.2) is 41.1 Å². The van der Waals surface area contributed by atoms with Crippen molar-refractivity contribution in [2.24, 2.45) is 5.73 Å². The lowest BCUT2D eigenvalue weighted by Crippen LogP contribution is -2.22. The SMILES string of the molecule is CN(CCCN)c1cc(Nc2ccccc2Br)ncn1. The van der Waals surface area contributed by atoms with Gasteiger partial charge in [-0.15, -0.1) is 0 Å². The van der Waals surface area contributed by atoms with E-state index in [0.717, 1.165) is 34.8 Å². The van der Waals surface area contributed by atoms with E-state index in [0.29, 0.717) is 6.54 Å². The Balaban J connectivity index is 2.12. The van der Waals surface area contributed by atoms with E-state index in [1.165, 1.54) is 0 Å². The van der Waals surface area contributed by atoms with Crippen LogP contribution in [0, 0.1) is 0 Å². The quantitative estimate of drug-likeness (QED) is 0.849. The van der Waals surface area contributed by atoms with Crippen LogP contribution in [-0.4, -0.2) is 30.1 Å². The van der Waals surface area contributed by atoms with Gasteiger partial charge in [0, 0.05) is 24.1 Å². The van der Waals surface area contributed by atoms with Gasteiger partial charge in [0.25, 0.3) is 0 Å². The third kappa shape index (κ3) is 3.91. The van der Waals surface area contributed by atoms with Gasteiger partial charge in [-0.05, 0) is 41.0 Å². The predicted molar refractivity (Wildman–Crippen MR) is 86.4 cm³/mol. The van der Waals surface area contributed by atoms with Crippen molar-refractivity contribution < 1.29 is 0 Å². The molecule has 0 bridgehead atoms. The molecule has 0 aliphatic heterocycles. The van der Waals surface area contributed by atoms with Crippen molar-refractivity contribution in [1.29, 1.82) is 0 Å². The van der Waals surface area contributed by atoms with E-state index >= 15 is 0 Å². The van der Waals surface area contributed by atoms with Crippen LogP contribution >= 0.6 is 15.9 Å². The van der Waals surface area contributed by atoms with E-state index in [1.54, 1.807) is 6.33 Å². The van der Waals surface area contributed by atoms with Gasteiger partial charge >= 0.3 is 0 Å². The lowest BCUT2D eigenvalue weighted by molar-refractivity contribution is 0.785. The smallest absolute Gasteiger partial charge is 0.135 e. The summed E-state index contributed by atoms with van der Waals surface area (Å²) < 4.78 is 0.997. The summed E-state index contributed by atoms with van der Waals surface area (Å²) in [7, 11) is 2.00. The second kappa shape index (κ2) is 7.21. The van der Waals surface area contributed by atoms with Crippen molar-refractivity contribution in [2.45, 2.75) is 6.42 Å². The third-order valence-electron chi connectivity index (χ3n) is 2.88. The highest BCUT2D eigenvalue weighted by molar-refractivity contribution is 9.10. The number of hydrogen-bond acceptors (Lipinski definition) is 5. The van der Waals surface area contributed by atoms with Crippen molar-refractivity contribution in [3.8, 4) is 0 Å². The van der Waals surface area contributed by atoms with Crippen molar-refractivity contribution in [2.75, 3.05) is 30.4 Å². The van der Waals surface area contributed by atoms with Gasteiger partial charge in [0.1, 0.15) is 18.0 Å². The normalized spacial score (nSPS) is 10.3. The minimum Gasteiger partial charge on any atom is -0.359 e. The summed E-state index contributed by atoms with van der Waals surface area (Å²) in [4.78, 5) is 10.6. The largest absolute Gasteiger partial charge is 0.359 e. The number of para-hydroxylation sites is 1. The number of nitrogens with two attached hydrogens (primary N) is 1. The minimum atomic E-state index is 0.678. The molecule has 0 aliphatic carbocycles. The summed E-state index contributed by atoms with van der Waals surface area (Å²) in [5.41, 5.74) is 6.50. The number of nitrogens with one attached hydrogen (secondary N) is 1. The molecule has 0 amide bonds. The maximum absolute atomic E-state index is 5.53. The standard InChI is InChI=1S/C14H18BrN5/c1-20(8-4-7-16)14-9-13(17-10-18-14)19-12-6-3-2-5-11(12)15/h2-3,5-6,9-10H,4,7-8,16H2,1H3,(H,17,18,19). The number of benzene rings is 1. The Bertz CT molecular complexity index is 561. The summed E-state index contributed by atoms with van der Waals surface area (Å²) in [5, 5.41) is 3.27. The van der Waals surface area contributed by atoms with Crippen LogP contribution in [-0.2, 0) is 0 Å². The highest BCUT2D eigenvalue weighted by atomic mass is 79.9. The molecule has 0 saturated heterocycles. The fourth-order valence-corrected chi connectivity index (χ4v) is 2.15. The van der Waals surface area contributed by atoms with E-state index in [9.17, 15) is 0 Å². The van der Waals surface area contributed by atoms with Crippen molar-refractivity contribution in [3.63, 3.8) is 0 Å². The molecule has 2 aromatic rings. The average Bonchev–Trinajstić information content (AvgIpc) is 2.47. The zero-order chi connectivity index (χ0) is 14.4. The van der Waals surface area contributed by atoms with Crippen LogP contribution in [0.25, 0.3) is 0 Å². The molecule has 3 N–H and O–H groups in total. The van der Waals surface area contributed by atoms with E-state index in [-0.39, 0.29) is 0 Å². The fraction of sp³-hybridized carbons (Fsp3) is 0.286. The molecule has 6 heteroatoms. The zero-order valence-corrected chi connectivity index (χ0v) is 13.0. The minimum absolute atomic E-state index is 0.678. The molecular formula is C14H18BrN5. The van der Waals surface area contributed by atoms with Gasteiger partial charge in [-0.2, -0.15) is 0 Å². The topological polar surface area (TPSA) is 67.1 Å². The maximum Gasteiger partial charge on any atom is 0.135 e. The first-order valence-electron chi connectivity index (χ1n) is 6.45. The number of anilines is 3. The second-order valence-electron chi connectivity index (χ2n) is 4.43. The van der Waals surface area contributed by atoms with E-state index in [4.69, 9.17) is 5.73 Å². The van der Waals surface area contributed by atoms with Gasteiger partial charge in [-0.1, -0.05) is 12.1 Å². The molecule has 2 rings (SSSR count). The van der Waals surface area contributed by atoms with E-state index in [1.807, 2.05) is 37.4 Å². The summed E-state index contributed by atoms with van der Waals surface area (Å²) in [6, 6.07) is 9.85. The van der Waals surface area contributed by atoms with Crippen LogP contribution in [0.2, 0.25) is 0 Å². The van der Waals surface area contributed by atoms with Gasteiger partial charge < -0.3 is 16.0 Å².